The molecule has 0 spiro atoms. The monoisotopic (exact) mass is 286 g/mol. The number of nitrogen functional groups attached to an aromatic ring is 1. The number of nitrogens with two attached hydrogens (primary N) is 1. The van der Waals surface area contributed by atoms with E-state index in [1.54, 1.807) is 12.3 Å². The molecule has 3 rings (SSSR count). The third kappa shape index (κ3) is 2.59. The van der Waals surface area contributed by atoms with Crippen LogP contribution in [0.15, 0.2) is 36.5 Å². The fraction of sp³-hybridized carbons (Fsp3) is 0.312. The number of hydrogen-bond acceptors (Lipinski definition) is 4. The molecule has 5 heteroatoms. The van der Waals surface area contributed by atoms with E-state index in [9.17, 15) is 4.79 Å². The van der Waals surface area contributed by atoms with Crippen LogP contribution in [0.5, 0.6) is 5.75 Å². The highest BCUT2D eigenvalue weighted by Crippen LogP contribution is 2.34. The van der Waals surface area contributed by atoms with Crippen LogP contribution in [-0.4, -0.2) is 24.3 Å². The van der Waals surface area contributed by atoms with E-state index in [4.69, 9.17) is 15.2 Å². The molecule has 0 radical (unpaired) electrons. The Kier molecular flexibility index (Phi) is 3.56. The maximum absolute atomic E-state index is 11.8. The Morgan fingerprint density at radius 2 is 2.29 bits per heavy atom. The Labute approximate surface area is 123 Å². The van der Waals surface area contributed by atoms with Crippen molar-refractivity contribution in [2.75, 3.05) is 19.5 Å². The second-order valence-corrected chi connectivity index (χ2v) is 5.17. The summed E-state index contributed by atoms with van der Waals surface area (Å²) < 4.78 is 12.3. The first-order valence-electron chi connectivity index (χ1n) is 6.94. The Morgan fingerprint density at radius 3 is 3.10 bits per heavy atom. The number of methoxy groups -OCH3 is 1. The van der Waals surface area contributed by atoms with Crippen LogP contribution in [0.3, 0.4) is 0 Å². The molecule has 1 aliphatic rings. The predicted molar refractivity (Wildman–Crippen MR) is 79.5 cm³/mol. The van der Waals surface area contributed by atoms with Gasteiger partial charge in [-0.1, -0.05) is 18.2 Å². The molecule has 1 aromatic heterocycles. The third-order valence-electron chi connectivity index (χ3n) is 3.81. The molecule has 2 aromatic rings. The quantitative estimate of drug-likeness (QED) is 0.880. The molecule has 1 atom stereocenters. The second kappa shape index (κ2) is 5.52. The van der Waals surface area contributed by atoms with Crippen LogP contribution in [0.25, 0.3) is 0 Å². The van der Waals surface area contributed by atoms with Crippen molar-refractivity contribution in [3.05, 3.63) is 47.8 Å². The SMILES string of the molecule is COC(=O)c1cc(N)cn1CC1CCOc2ccccc21. The topological polar surface area (TPSA) is 66.5 Å². The fourth-order valence-electron chi connectivity index (χ4n) is 2.80. The zero-order valence-electron chi connectivity index (χ0n) is 11.9. The van der Waals surface area contributed by atoms with Crippen molar-refractivity contribution < 1.29 is 14.3 Å². The van der Waals surface area contributed by atoms with E-state index < -0.39 is 0 Å². The first-order chi connectivity index (χ1) is 10.2. The summed E-state index contributed by atoms with van der Waals surface area (Å²) in [6.07, 6.45) is 2.69. The number of aromatic nitrogens is 1. The number of hydrogen-bond donors (Lipinski definition) is 1. The molecule has 21 heavy (non-hydrogen) atoms. The van der Waals surface area contributed by atoms with Gasteiger partial charge in [-0.25, -0.2) is 4.79 Å². The molecule has 0 bridgehead atoms. The minimum absolute atomic E-state index is 0.296. The smallest absolute Gasteiger partial charge is 0.354 e. The molecular formula is C16H18N2O3. The number of carbonyl (C=O) groups is 1. The van der Waals surface area contributed by atoms with Gasteiger partial charge in [0.25, 0.3) is 0 Å². The zero-order chi connectivity index (χ0) is 14.8. The number of fused-ring (bicyclic) bond motifs is 1. The lowest BCUT2D eigenvalue weighted by Gasteiger charge is -2.26. The molecular weight excluding hydrogens is 268 g/mol. The van der Waals surface area contributed by atoms with Gasteiger partial charge in [0, 0.05) is 18.7 Å². The van der Waals surface area contributed by atoms with E-state index in [2.05, 4.69) is 6.07 Å². The summed E-state index contributed by atoms with van der Waals surface area (Å²) in [7, 11) is 1.37. The first kappa shape index (κ1) is 13.5. The summed E-state index contributed by atoms with van der Waals surface area (Å²) in [6.45, 7) is 1.37. The number of rotatable bonds is 3. The van der Waals surface area contributed by atoms with Gasteiger partial charge in [-0.3, -0.25) is 0 Å². The molecule has 2 N–H and O–H groups in total. The van der Waals surface area contributed by atoms with Gasteiger partial charge in [0.05, 0.1) is 19.4 Å². The summed E-state index contributed by atoms with van der Waals surface area (Å²) in [4.78, 5) is 11.8. The van der Waals surface area contributed by atoms with Crippen LogP contribution < -0.4 is 10.5 Å². The lowest BCUT2D eigenvalue weighted by Crippen LogP contribution is -2.20. The van der Waals surface area contributed by atoms with Crippen LogP contribution in [0.2, 0.25) is 0 Å². The molecule has 5 nitrogen and oxygen atoms in total. The highest BCUT2D eigenvalue weighted by Gasteiger charge is 2.23. The van der Waals surface area contributed by atoms with Crippen molar-refractivity contribution in [3.63, 3.8) is 0 Å². The van der Waals surface area contributed by atoms with Gasteiger partial charge in [0.1, 0.15) is 11.4 Å². The fourth-order valence-corrected chi connectivity index (χ4v) is 2.80. The predicted octanol–water partition coefficient (Wildman–Crippen LogP) is 2.42. The van der Waals surface area contributed by atoms with Crippen molar-refractivity contribution in [1.82, 2.24) is 4.57 Å². The van der Waals surface area contributed by atoms with Crippen LogP contribution in [0, 0.1) is 0 Å². The second-order valence-electron chi connectivity index (χ2n) is 5.17. The van der Waals surface area contributed by atoms with Crippen LogP contribution in [0.1, 0.15) is 28.4 Å². The number of esters is 1. The highest BCUT2D eigenvalue weighted by molar-refractivity contribution is 5.88. The Balaban J connectivity index is 1.90. The van der Waals surface area contributed by atoms with Crippen LogP contribution in [-0.2, 0) is 11.3 Å². The summed E-state index contributed by atoms with van der Waals surface area (Å²) in [5.74, 6) is 0.852. The molecule has 1 aliphatic heterocycles. The van der Waals surface area contributed by atoms with E-state index in [0.717, 1.165) is 12.2 Å². The molecule has 0 fully saturated rings. The average molecular weight is 286 g/mol. The first-order valence-corrected chi connectivity index (χ1v) is 6.94. The van der Waals surface area contributed by atoms with E-state index >= 15 is 0 Å². The summed E-state index contributed by atoms with van der Waals surface area (Å²) in [5, 5.41) is 0. The standard InChI is InChI=1S/C16H18N2O3/c1-20-16(19)14-8-12(17)10-18(14)9-11-6-7-21-15-5-3-2-4-13(11)15/h2-5,8,10-11H,6-7,9,17H2,1H3. The lowest BCUT2D eigenvalue weighted by atomic mass is 9.93. The van der Waals surface area contributed by atoms with Crippen LogP contribution >= 0.6 is 0 Å². The molecule has 0 amide bonds. The number of para-hydroxylation sites is 1. The van der Waals surface area contributed by atoms with Gasteiger partial charge >= 0.3 is 5.97 Å². The van der Waals surface area contributed by atoms with E-state index in [1.165, 1.54) is 12.7 Å². The molecule has 110 valence electrons. The minimum atomic E-state index is -0.368. The summed E-state index contributed by atoms with van der Waals surface area (Å²) in [5.41, 5.74) is 8.04. The lowest BCUT2D eigenvalue weighted by molar-refractivity contribution is 0.0587. The molecule has 0 saturated heterocycles. The Morgan fingerprint density at radius 1 is 1.48 bits per heavy atom. The molecule has 1 aromatic carbocycles. The molecule has 0 aliphatic carbocycles. The van der Waals surface area contributed by atoms with Crippen molar-refractivity contribution in [3.8, 4) is 5.75 Å². The van der Waals surface area contributed by atoms with Crippen molar-refractivity contribution in [2.24, 2.45) is 0 Å². The van der Waals surface area contributed by atoms with Gasteiger partial charge in [-0.15, -0.1) is 0 Å². The molecule has 2 heterocycles. The van der Waals surface area contributed by atoms with E-state index in [1.807, 2.05) is 22.8 Å². The van der Waals surface area contributed by atoms with E-state index in [0.29, 0.717) is 30.5 Å². The van der Waals surface area contributed by atoms with Gasteiger partial charge < -0.3 is 19.8 Å². The van der Waals surface area contributed by atoms with Gasteiger partial charge in [-0.05, 0) is 24.1 Å². The number of ether oxygens (including phenoxy) is 2. The zero-order valence-corrected chi connectivity index (χ0v) is 11.9. The average Bonchev–Trinajstić information content (AvgIpc) is 2.87. The molecule has 1 unspecified atom stereocenters. The highest BCUT2D eigenvalue weighted by atomic mass is 16.5. The number of carbonyl (C=O) groups excluding carboxylic acids is 1. The Bertz CT molecular complexity index is 663. The molecule has 0 saturated carbocycles. The summed E-state index contributed by atoms with van der Waals surface area (Å²) in [6, 6.07) is 9.67. The maximum Gasteiger partial charge on any atom is 0.354 e. The number of anilines is 1. The minimum Gasteiger partial charge on any atom is -0.493 e. The normalized spacial score (nSPS) is 16.9. The number of nitrogens with zero attached hydrogens (tertiary/aromatic N) is 1. The van der Waals surface area contributed by atoms with Crippen LogP contribution in [0.4, 0.5) is 5.69 Å². The van der Waals surface area contributed by atoms with Crippen molar-refractivity contribution >= 4 is 11.7 Å². The van der Waals surface area contributed by atoms with Crippen molar-refractivity contribution in [2.45, 2.75) is 18.9 Å². The Hall–Kier alpha value is -2.43. The number of benzene rings is 1. The third-order valence-corrected chi connectivity index (χ3v) is 3.81. The van der Waals surface area contributed by atoms with E-state index in [-0.39, 0.29) is 5.97 Å². The maximum atomic E-state index is 11.8. The summed E-state index contributed by atoms with van der Waals surface area (Å²) >= 11 is 0. The van der Waals surface area contributed by atoms with Crippen molar-refractivity contribution in [1.29, 1.82) is 0 Å². The largest absolute Gasteiger partial charge is 0.493 e. The van der Waals surface area contributed by atoms with Gasteiger partial charge in [0.15, 0.2) is 0 Å². The van der Waals surface area contributed by atoms with Gasteiger partial charge in [-0.2, -0.15) is 0 Å². The van der Waals surface area contributed by atoms with Gasteiger partial charge in [0.2, 0.25) is 0 Å².